The third-order valence-corrected chi connectivity index (χ3v) is 9.40. The number of rotatable bonds is 6. The van der Waals surface area contributed by atoms with E-state index >= 15 is 0 Å². The highest BCUT2D eigenvalue weighted by Crippen LogP contribution is 2.48. The average Bonchev–Trinajstić information content (AvgIpc) is 3.30. The highest BCUT2D eigenvalue weighted by Gasteiger charge is 2.52. The molecule has 0 aliphatic carbocycles. The van der Waals surface area contributed by atoms with Crippen LogP contribution in [0.5, 0.6) is 11.5 Å². The van der Waals surface area contributed by atoms with Gasteiger partial charge < -0.3 is 25.6 Å². The first-order valence-corrected chi connectivity index (χ1v) is 14.5. The van der Waals surface area contributed by atoms with E-state index in [1.165, 1.54) is 0 Å². The number of anilines is 1. The summed E-state index contributed by atoms with van der Waals surface area (Å²) in [5, 5.41) is 10.0. The maximum Gasteiger partial charge on any atom is 0.326 e. The van der Waals surface area contributed by atoms with Gasteiger partial charge in [-0.05, 0) is 81.7 Å². The van der Waals surface area contributed by atoms with E-state index < -0.39 is 0 Å². The third-order valence-electron chi connectivity index (χ3n) is 8.04. The Morgan fingerprint density at radius 1 is 1.16 bits per heavy atom. The Morgan fingerprint density at radius 3 is 2.79 bits per heavy atom. The molecule has 3 saturated heterocycles. The predicted molar refractivity (Wildman–Crippen MR) is 150 cm³/mol. The summed E-state index contributed by atoms with van der Waals surface area (Å²) in [6.45, 7) is 7.94. The number of urea groups is 1. The van der Waals surface area contributed by atoms with E-state index in [2.05, 4.69) is 27.8 Å². The summed E-state index contributed by atoms with van der Waals surface area (Å²) in [7, 11) is 0. The molecule has 2 aromatic carbocycles. The highest BCUT2D eigenvalue weighted by atomic mass is 32.2. The number of hydrogen-bond acceptors (Lipinski definition) is 6. The van der Waals surface area contributed by atoms with E-state index in [-0.39, 0.29) is 35.3 Å². The maximum absolute atomic E-state index is 13.6. The van der Waals surface area contributed by atoms with Gasteiger partial charge in [0.25, 0.3) is 5.91 Å². The lowest BCUT2D eigenvalue weighted by Crippen LogP contribution is -2.62. The van der Waals surface area contributed by atoms with Crippen LogP contribution in [0.2, 0.25) is 0 Å². The lowest BCUT2D eigenvalue weighted by molar-refractivity contribution is -0.117. The zero-order valence-corrected chi connectivity index (χ0v) is 22.7. The second kappa shape index (κ2) is 10.6. The minimum atomic E-state index is -0.177. The van der Waals surface area contributed by atoms with E-state index in [9.17, 15) is 9.59 Å². The molecule has 4 atom stereocenters. The Hall–Kier alpha value is -3.01. The molecule has 4 heterocycles. The number of amides is 3. The van der Waals surface area contributed by atoms with Crippen molar-refractivity contribution in [1.82, 2.24) is 20.9 Å². The van der Waals surface area contributed by atoms with Crippen LogP contribution in [0, 0.1) is 12.8 Å². The van der Waals surface area contributed by atoms with E-state index in [0.29, 0.717) is 4.91 Å². The van der Waals surface area contributed by atoms with Crippen LogP contribution in [0.3, 0.4) is 0 Å². The van der Waals surface area contributed by atoms with E-state index in [1.807, 2.05) is 60.4 Å². The number of likely N-dealkylation sites (tertiary alicyclic amines) is 1. The number of piperidine rings is 2. The number of nitrogens with zero attached hydrogens (tertiary/aromatic N) is 2. The van der Waals surface area contributed by atoms with Gasteiger partial charge in [-0.3, -0.25) is 9.69 Å². The number of carbonyl (C=O) groups is 2. The molecule has 4 aliphatic rings. The number of hydrogen-bond donors (Lipinski definition) is 3. The van der Waals surface area contributed by atoms with Crippen molar-refractivity contribution in [2.45, 2.75) is 50.6 Å². The molecular weight excluding hydrogens is 498 g/mol. The molecule has 0 spiro atoms. The molecule has 0 bridgehead atoms. The topological polar surface area (TPSA) is 85.9 Å². The van der Waals surface area contributed by atoms with Crippen LogP contribution in [0.4, 0.5) is 10.5 Å². The minimum absolute atomic E-state index is 0.0207. The van der Waals surface area contributed by atoms with Crippen LogP contribution in [0.1, 0.15) is 31.7 Å². The molecule has 2 aromatic rings. The monoisotopic (exact) mass is 533 g/mol. The Morgan fingerprint density at radius 2 is 2.00 bits per heavy atom. The smallest absolute Gasteiger partial charge is 0.326 e. The van der Waals surface area contributed by atoms with Crippen molar-refractivity contribution in [2.24, 2.45) is 5.92 Å². The van der Waals surface area contributed by atoms with Gasteiger partial charge in [-0.15, -0.1) is 0 Å². The predicted octanol–water partition coefficient (Wildman–Crippen LogP) is 4.18. The molecule has 0 aromatic heterocycles. The lowest BCUT2D eigenvalue weighted by atomic mass is 9.86. The number of aryl methyl sites for hydroxylation is 1. The second-order valence-corrected chi connectivity index (χ2v) is 11.6. The number of ether oxygens (including phenoxy) is 1. The quantitative estimate of drug-likeness (QED) is 0.517. The zero-order valence-electron chi connectivity index (χ0n) is 21.9. The van der Waals surface area contributed by atoms with Crippen LogP contribution < -0.4 is 25.6 Å². The number of carbonyl (C=O) groups excluding carboxylic acids is 2. The number of benzene rings is 2. The number of nitrogens with one attached hydrogen (secondary N) is 3. The van der Waals surface area contributed by atoms with Crippen molar-refractivity contribution in [3.63, 3.8) is 0 Å². The first kappa shape index (κ1) is 25.3. The first-order chi connectivity index (χ1) is 18.5. The van der Waals surface area contributed by atoms with Crippen LogP contribution in [0.25, 0.3) is 0 Å². The molecule has 6 rings (SSSR count). The number of likely N-dealkylation sites (N-methyl/N-ethyl adjacent to an activating group) is 1. The van der Waals surface area contributed by atoms with Gasteiger partial charge in [0.15, 0.2) is 0 Å². The van der Waals surface area contributed by atoms with Crippen molar-refractivity contribution in [3.05, 3.63) is 64.7 Å². The van der Waals surface area contributed by atoms with Gasteiger partial charge in [0.05, 0.1) is 16.3 Å². The average molecular weight is 534 g/mol. The Kier molecular flexibility index (Phi) is 7.07. The molecule has 3 N–H and O–H groups in total. The summed E-state index contributed by atoms with van der Waals surface area (Å²) < 4.78 is 6.01. The maximum atomic E-state index is 13.6. The van der Waals surface area contributed by atoms with Gasteiger partial charge >= 0.3 is 6.03 Å². The SMILES string of the molecule is CCN1CCC[C@@H](NC(=O)C2=C3NC(=O)N(c4ccc(Oc5ccccc5)cc4C)C4CCNC(S2)C34)C1. The highest BCUT2D eigenvalue weighted by molar-refractivity contribution is 8.04. The summed E-state index contributed by atoms with van der Waals surface area (Å²) in [6, 6.07) is 15.5. The fourth-order valence-corrected chi connectivity index (χ4v) is 7.60. The molecule has 3 amide bonds. The molecule has 0 radical (unpaired) electrons. The summed E-state index contributed by atoms with van der Waals surface area (Å²) in [5.41, 5.74) is 2.62. The van der Waals surface area contributed by atoms with Gasteiger partial charge in [-0.1, -0.05) is 36.9 Å². The Labute approximate surface area is 228 Å². The molecule has 9 heteroatoms. The largest absolute Gasteiger partial charge is 0.457 e. The first-order valence-electron chi connectivity index (χ1n) is 13.6. The van der Waals surface area contributed by atoms with Crippen molar-refractivity contribution < 1.29 is 14.3 Å². The molecule has 4 aliphatic heterocycles. The fourth-order valence-electron chi connectivity index (χ4n) is 6.20. The standard InChI is InChI=1S/C29H35N5O3S/c1-3-33-15-7-8-19(17-33)31-27(35)26-25-24-23(13-14-30-28(24)38-26)34(29(36)32-25)22-12-11-21(16-18(22)2)37-20-9-5-4-6-10-20/h4-6,9-12,16,19,23-24,28,30H,3,7-8,13-15,17H2,1-2H3,(H,31,35)(H,32,36)/t19-,23?,24?,28?/m1/s1. The Bertz CT molecular complexity index is 1250. The molecule has 8 nitrogen and oxygen atoms in total. The van der Waals surface area contributed by atoms with E-state index in [0.717, 1.165) is 73.9 Å². The number of thioether (sulfide) groups is 1. The van der Waals surface area contributed by atoms with Gasteiger partial charge in [0.1, 0.15) is 11.5 Å². The number of para-hydroxylation sites is 1. The summed E-state index contributed by atoms with van der Waals surface area (Å²) in [6.07, 6.45) is 2.91. The van der Waals surface area contributed by atoms with Crippen molar-refractivity contribution in [2.75, 3.05) is 31.1 Å². The summed E-state index contributed by atoms with van der Waals surface area (Å²) in [4.78, 5) is 32.0. The van der Waals surface area contributed by atoms with Gasteiger partial charge in [-0.25, -0.2) is 4.79 Å². The van der Waals surface area contributed by atoms with Crippen LogP contribution in [-0.4, -0.2) is 60.5 Å². The van der Waals surface area contributed by atoms with Crippen molar-refractivity contribution in [3.8, 4) is 11.5 Å². The third kappa shape index (κ3) is 4.79. The minimum Gasteiger partial charge on any atom is -0.457 e. The molecule has 3 unspecified atom stereocenters. The van der Waals surface area contributed by atoms with Crippen molar-refractivity contribution >= 4 is 29.4 Å². The second-order valence-electron chi connectivity index (χ2n) is 10.5. The fraction of sp³-hybridized carbons (Fsp3) is 0.448. The van der Waals surface area contributed by atoms with E-state index in [1.54, 1.807) is 11.8 Å². The normalized spacial score (nSPS) is 27.1. The van der Waals surface area contributed by atoms with E-state index in [4.69, 9.17) is 4.74 Å². The summed E-state index contributed by atoms with van der Waals surface area (Å²) in [5.74, 6) is 1.48. The van der Waals surface area contributed by atoms with Crippen LogP contribution in [0.15, 0.2) is 59.1 Å². The van der Waals surface area contributed by atoms with Crippen LogP contribution >= 0.6 is 11.8 Å². The molecule has 200 valence electrons. The van der Waals surface area contributed by atoms with Crippen LogP contribution in [-0.2, 0) is 4.79 Å². The summed E-state index contributed by atoms with van der Waals surface area (Å²) >= 11 is 1.56. The van der Waals surface area contributed by atoms with Gasteiger partial charge in [-0.2, -0.15) is 0 Å². The zero-order chi connectivity index (χ0) is 26.2. The molecule has 3 fully saturated rings. The van der Waals surface area contributed by atoms with Crippen molar-refractivity contribution in [1.29, 1.82) is 0 Å². The molecule has 38 heavy (non-hydrogen) atoms. The van der Waals surface area contributed by atoms with Gasteiger partial charge in [0, 0.05) is 29.9 Å². The van der Waals surface area contributed by atoms with Gasteiger partial charge in [0.2, 0.25) is 0 Å². The Balaban J connectivity index is 1.23. The lowest BCUT2D eigenvalue weighted by Gasteiger charge is -2.46. The molecular formula is C29H35N5O3S. The molecule has 0 saturated carbocycles.